The molecule has 0 amide bonds. The van der Waals surface area contributed by atoms with Gasteiger partial charge in [-0.25, -0.2) is 0 Å². The Morgan fingerprint density at radius 3 is 1.84 bits per heavy atom. The van der Waals surface area contributed by atoms with E-state index in [4.69, 9.17) is 10.1 Å². The van der Waals surface area contributed by atoms with E-state index in [0.717, 1.165) is 0 Å². The summed E-state index contributed by atoms with van der Waals surface area (Å²) in [7, 11) is 0. The molecule has 2 aromatic carbocycles. The summed E-state index contributed by atoms with van der Waals surface area (Å²) in [6.45, 7) is 0. The van der Waals surface area contributed by atoms with Crippen molar-refractivity contribution in [3.63, 3.8) is 0 Å². The quantitative estimate of drug-likeness (QED) is 0.504. The number of Topliss-reactive ketones (excluding diaryl/α,β-unsaturated/α-hetero) is 1. The van der Waals surface area contributed by atoms with Gasteiger partial charge in [0.2, 0.25) is 0 Å². The van der Waals surface area contributed by atoms with Crippen molar-refractivity contribution in [2.24, 2.45) is 5.34 Å². The topological polar surface area (TPSA) is 87.0 Å². The Morgan fingerprint density at radius 1 is 0.947 bits per heavy atom. The molecular formula is C14H13NO4. The van der Waals surface area contributed by atoms with Crippen LogP contribution < -0.4 is 0 Å². The number of carbonyl (C=O) groups excluding carboxylic acids is 1. The van der Waals surface area contributed by atoms with Gasteiger partial charge in [-0.3, -0.25) is 4.79 Å². The van der Waals surface area contributed by atoms with Crippen molar-refractivity contribution >= 4 is 5.78 Å². The second-order valence-corrected chi connectivity index (χ2v) is 3.63. The Kier molecular flexibility index (Phi) is 5.91. The third-order valence-corrected chi connectivity index (χ3v) is 2.42. The fraction of sp³-hybridized carbons (Fsp3) is 0.0714. The number of carbonyl (C=O) groups is 1. The van der Waals surface area contributed by atoms with Gasteiger partial charge in [-0.1, -0.05) is 60.7 Å². The van der Waals surface area contributed by atoms with Crippen molar-refractivity contribution in [1.29, 1.82) is 0 Å². The third kappa shape index (κ3) is 4.33. The molecule has 0 aromatic heterocycles. The van der Waals surface area contributed by atoms with Gasteiger partial charge in [0.25, 0.3) is 0 Å². The van der Waals surface area contributed by atoms with E-state index >= 15 is 0 Å². The summed E-state index contributed by atoms with van der Waals surface area (Å²) in [6.07, 6.45) is -1.08. The van der Waals surface area contributed by atoms with Crippen LogP contribution in [0.25, 0.3) is 0 Å². The van der Waals surface area contributed by atoms with Gasteiger partial charge in [0.15, 0.2) is 11.1 Å². The average molecular weight is 259 g/mol. The zero-order chi connectivity index (χ0) is 14.1. The molecule has 0 radical (unpaired) electrons. The van der Waals surface area contributed by atoms with Crippen molar-refractivity contribution in [3.05, 3.63) is 76.7 Å². The maximum absolute atomic E-state index is 11.9. The molecule has 5 nitrogen and oxygen atoms in total. The summed E-state index contributed by atoms with van der Waals surface area (Å²) in [5.41, 5.74) is 1.15. The number of rotatable bonds is 3. The van der Waals surface area contributed by atoms with E-state index in [1.165, 1.54) is 5.34 Å². The van der Waals surface area contributed by atoms with E-state index in [9.17, 15) is 9.90 Å². The van der Waals surface area contributed by atoms with Crippen LogP contribution in [0.15, 0.2) is 66.0 Å². The molecule has 0 fully saturated rings. The van der Waals surface area contributed by atoms with E-state index in [1.807, 2.05) is 12.1 Å². The highest BCUT2D eigenvalue weighted by Gasteiger charge is 2.18. The number of hydrogen-bond acceptors (Lipinski definition) is 4. The molecule has 0 aliphatic rings. The molecule has 0 heterocycles. The summed E-state index contributed by atoms with van der Waals surface area (Å²) in [6, 6.07) is 17.7. The van der Waals surface area contributed by atoms with Crippen LogP contribution >= 0.6 is 0 Å². The normalized spacial score (nSPS) is 10.8. The van der Waals surface area contributed by atoms with E-state index in [1.54, 1.807) is 48.5 Å². The lowest BCUT2D eigenvalue weighted by Crippen LogP contribution is -2.11. The van der Waals surface area contributed by atoms with E-state index in [2.05, 4.69) is 0 Å². The second-order valence-electron chi connectivity index (χ2n) is 3.63. The van der Waals surface area contributed by atoms with Crippen molar-refractivity contribution in [1.82, 2.24) is 0 Å². The molecule has 2 aromatic rings. The third-order valence-electron chi connectivity index (χ3n) is 2.42. The van der Waals surface area contributed by atoms with Crippen LogP contribution in [0.1, 0.15) is 22.0 Å². The predicted molar refractivity (Wildman–Crippen MR) is 69.8 cm³/mol. The first kappa shape index (κ1) is 14.5. The largest absolute Gasteiger partial charge is 0.380 e. The van der Waals surface area contributed by atoms with Crippen LogP contribution in [0, 0.1) is 4.91 Å². The Bertz CT molecular complexity index is 513. The van der Waals surface area contributed by atoms with Crippen molar-refractivity contribution in [2.45, 2.75) is 6.10 Å². The zero-order valence-corrected chi connectivity index (χ0v) is 10.0. The lowest BCUT2D eigenvalue weighted by atomic mass is 10.0. The van der Waals surface area contributed by atoms with E-state index < -0.39 is 6.10 Å². The molecule has 0 spiro atoms. The van der Waals surface area contributed by atoms with Gasteiger partial charge in [0, 0.05) is 5.56 Å². The number of aliphatic hydroxyl groups is 1. The molecule has 5 heteroatoms. The van der Waals surface area contributed by atoms with Crippen molar-refractivity contribution in [2.75, 3.05) is 0 Å². The summed E-state index contributed by atoms with van der Waals surface area (Å²) in [5.74, 6) is -0.271. The van der Waals surface area contributed by atoms with Gasteiger partial charge < -0.3 is 10.3 Å². The Balaban J connectivity index is 0.000000550. The number of aliphatic hydroxyl groups excluding tert-OH is 1. The zero-order valence-electron chi connectivity index (χ0n) is 10.0. The molecular weight excluding hydrogens is 246 g/mol. The van der Waals surface area contributed by atoms with Gasteiger partial charge >= 0.3 is 0 Å². The van der Waals surface area contributed by atoms with Gasteiger partial charge in [-0.05, 0) is 5.56 Å². The monoisotopic (exact) mass is 259 g/mol. The molecule has 0 saturated heterocycles. The van der Waals surface area contributed by atoms with Crippen LogP contribution in [-0.4, -0.2) is 16.1 Å². The van der Waals surface area contributed by atoms with Crippen LogP contribution in [0.3, 0.4) is 0 Å². The highest BCUT2D eigenvalue weighted by molar-refractivity contribution is 5.99. The molecule has 19 heavy (non-hydrogen) atoms. The summed E-state index contributed by atoms with van der Waals surface area (Å²) >= 11 is 0. The fourth-order valence-electron chi connectivity index (χ4n) is 1.55. The molecule has 0 aliphatic heterocycles. The first-order chi connectivity index (χ1) is 9.20. The number of benzene rings is 2. The van der Waals surface area contributed by atoms with E-state index in [-0.39, 0.29) is 5.78 Å². The molecule has 2 rings (SSSR count). The number of nitrogens with zero attached hydrogens (tertiary/aromatic N) is 1. The Morgan fingerprint density at radius 2 is 1.37 bits per heavy atom. The van der Waals surface area contributed by atoms with Crippen molar-refractivity contribution in [3.8, 4) is 0 Å². The minimum atomic E-state index is -1.08. The molecule has 98 valence electrons. The summed E-state index contributed by atoms with van der Waals surface area (Å²) < 4.78 is 0. The van der Waals surface area contributed by atoms with Gasteiger partial charge in [0.05, 0.1) is 0 Å². The van der Waals surface area contributed by atoms with Gasteiger partial charge in [-0.15, -0.1) is 4.91 Å². The second kappa shape index (κ2) is 7.73. The fourth-order valence-corrected chi connectivity index (χ4v) is 1.55. The summed E-state index contributed by atoms with van der Waals surface area (Å²) in [4.78, 5) is 20.0. The first-order valence-corrected chi connectivity index (χ1v) is 5.49. The molecule has 0 bridgehead atoms. The molecule has 1 unspecified atom stereocenters. The number of hydrogen-bond donors (Lipinski definition) is 2. The van der Waals surface area contributed by atoms with Crippen LogP contribution in [0.5, 0.6) is 0 Å². The first-order valence-electron chi connectivity index (χ1n) is 5.49. The molecule has 0 aliphatic carbocycles. The van der Waals surface area contributed by atoms with Crippen LogP contribution in [0.4, 0.5) is 0 Å². The maximum Gasteiger partial charge on any atom is 0.195 e. The predicted octanol–water partition coefficient (Wildman–Crippen LogP) is 2.74. The minimum absolute atomic E-state index is 0.271. The average Bonchev–Trinajstić information content (AvgIpc) is 2.48. The van der Waals surface area contributed by atoms with Crippen molar-refractivity contribution < 1.29 is 15.1 Å². The standard InChI is InChI=1S/C14H12O2.HNO2/c15-13(11-7-3-1-4-8-11)14(16)12-9-5-2-6-10-12;2-1-3/h1-10,13,15H;(H,2,3). The Labute approximate surface area is 110 Å². The lowest BCUT2D eigenvalue weighted by molar-refractivity contribution is 0.0747. The lowest BCUT2D eigenvalue weighted by Gasteiger charge is -2.09. The molecule has 0 saturated carbocycles. The number of ketones is 1. The maximum atomic E-state index is 11.9. The van der Waals surface area contributed by atoms with Crippen LogP contribution in [0.2, 0.25) is 0 Å². The van der Waals surface area contributed by atoms with Gasteiger partial charge in [0.1, 0.15) is 6.10 Å². The van der Waals surface area contributed by atoms with E-state index in [0.29, 0.717) is 11.1 Å². The van der Waals surface area contributed by atoms with Gasteiger partial charge in [-0.2, -0.15) is 0 Å². The Hall–Kier alpha value is -2.53. The van der Waals surface area contributed by atoms with Crippen LogP contribution in [-0.2, 0) is 0 Å². The molecule has 2 N–H and O–H groups in total. The smallest absolute Gasteiger partial charge is 0.195 e. The highest BCUT2D eigenvalue weighted by Crippen LogP contribution is 2.17. The SMILES string of the molecule is O=C(c1ccccc1)C(O)c1ccccc1.O=NO. The summed E-state index contributed by atoms with van der Waals surface area (Å²) in [5, 5.41) is 17.8. The minimum Gasteiger partial charge on any atom is -0.380 e. The highest BCUT2D eigenvalue weighted by atomic mass is 16.6. The molecule has 1 atom stereocenters.